The van der Waals surface area contributed by atoms with Crippen molar-refractivity contribution in [1.82, 2.24) is 0 Å². The molecule has 0 unspecified atom stereocenters. The fraction of sp³-hybridized carbons (Fsp3) is 0.343. The molecule has 1 saturated heterocycles. The highest BCUT2D eigenvalue weighted by molar-refractivity contribution is 6.18. The molecule has 216 valence electrons. The van der Waals surface area contributed by atoms with E-state index in [2.05, 4.69) is 17.5 Å². The Labute approximate surface area is 246 Å². The van der Waals surface area contributed by atoms with E-state index in [0.717, 1.165) is 22.4 Å². The highest BCUT2D eigenvalue weighted by Gasteiger charge is 2.71. The van der Waals surface area contributed by atoms with Crippen LogP contribution in [-0.4, -0.2) is 43.8 Å². The molecule has 3 heterocycles. The Balaban J connectivity index is 1.72. The van der Waals surface area contributed by atoms with Crippen LogP contribution >= 0.6 is 0 Å². The number of para-hydroxylation sites is 1. The zero-order chi connectivity index (χ0) is 30.1. The second kappa shape index (κ2) is 9.58. The lowest BCUT2D eigenvalue weighted by atomic mass is 9.63. The van der Waals surface area contributed by atoms with Gasteiger partial charge in [0.2, 0.25) is 5.91 Å². The van der Waals surface area contributed by atoms with Gasteiger partial charge in [0.15, 0.2) is 11.6 Å². The third kappa shape index (κ3) is 3.75. The first-order chi connectivity index (χ1) is 19.9. The summed E-state index contributed by atoms with van der Waals surface area (Å²) < 4.78 is 11.1. The molecule has 0 bridgehead atoms. The molecule has 1 N–H and O–H groups in total. The number of aryl methyl sites for hydroxylation is 1. The lowest BCUT2D eigenvalue weighted by Crippen LogP contribution is -2.51. The molecule has 6 rings (SSSR count). The van der Waals surface area contributed by atoms with Crippen LogP contribution in [0.15, 0.2) is 66.7 Å². The average molecular weight is 565 g/mol. The number of nitrogens with zero attached hydrogens (tertiary/aromatic N) is 1. The molecule has 7 heteroatoms. The molecule has 3 aromatic carbocycles. The normalized spacial score (nSPS) is 24.0. The minimum atomic E-state index is -1.38. The van der Waals surface area contributed by atoms with Crippen LogP contribution < -0.4 is 19.7 Å². The monoisotopic (exact) mass is 564 g/mol. The second-order valence-electron chi connectivity index (χ2n) is 12.6. The first kappa shape index (κ1) is 27.8. The van der Waals surface area contributed by atoms with Gasteiger partial charge in [-0.05, 0) is 61.4 Å². The molecular weight excluding hydrogens is 528 g/mol. The summed E-state index contributed by atoms with van der Waals surface area (Å²) in [5.41, 5.74) is 3.39. The standard InChI is InChI=1S/C35H36N2O5/c1-19-12-14-26-22(16-19)20(2)17-28-35(24-10-8-9-11-25(24)36-33(35)40)29(30(37(26)28)32(39)34(3,4)5)31(38)23-18-21(41-6)13-15-27(23)42-7/h8-18,28-30H,1-7H3,(H,36,40)/t28-,29-,30+,35-/m1/s1. The highest BCUT2D eigenvalue weighted by atomic mass is 16.5. The van der Waals surface area contributed by atoms with E-state index in [9.17, 15) is 9.59 Å². The molecule has 3 aliphatic rings. The summed E-state index contributed by atoms with van der Waals surface area (Å²) in [6.45, 7) is 9.67. The Morgan fingerprint density at radius 1 is 0.952 bits per heavy atom. The lowest BCUT2D eigenvalue weighted by molar-refractivity contribution is -0.128. The van der Waals surface area contributed by atoms with E-state index in [4.69, 9.17) is 9.47 Å². The van der Waals surface area contributed by atoms with Crippen LogP contribution in [-0.2, 0) is 15.0 Å². The number of nitrogens with one attached hydrogen (secondary N) is 1. The summed E-state index contributed by atoms with van der Waals surface area (Å²) in [5, 5.41) is 3.08. The van der Waals surface area contributed by atoms with Gasteiger partial charge in [0.1, 0.15) is 23.0 Å². The van der Waals surface area contributed by atoms with Gasteiger partial charge in [-0.2, -0.15) is 0 Å². The van der Waals surface area contributed by atoms with Gasteiger partial charge in [0, 0.05) is 22.4 Å². The maximum absolute atomic E-state index is 15.1. The SMILES string of the molecule is COc1ccc(OC)c(C(=O)[C@H]2[C@@H](C(=O)C(C)(C)C)N3c4ccc(C)cc4C(C)=C[C@@H]3[C@@]23C(=O)Nc2ccccc23)c1. The Kier molecular flexibility index (Phi) is 6.33. The first-order valence-electron chi connectivity index (χ1n) is 14.2. The average Bonchev–Trinajstić information content (AvgIpc) is 3.43. The van der Waals surface area contributed by atoms with E-state index in [1.54, 1.807) is 18.2 Å². The van der Waals surface area contributed by atoms with Crippen molar-refractivity contribution >= 4 is 34.4 Å². The summed E-state index contributed by atoms with van der Waals surface area (Å²) in [6.07, 6.45) is 2.07. The van der Waals surface area contributed by atoms with E-state index < -0.39 is 28.8 Å². The summed E-state index contributed by atoms with van der Waals surface area (Å²) in [5.74, 6) is -0.957. The van der Waals surface area contributed by atoms with Crippen molar-refractivity contribution in [3.63, 3.8) is 0 Å². The van der Waals surface area contributed by atoms with Gasteiger partial charge < -0.3 is 19.7 Å². The molecule has 0 radical (unpaired) electrons. The van der Waals surface area contributed by atoms with Crippen LogP contribution in [0.2, 0.25) is 0 Å². The van der Waals surface area contributed by atoms with Crippen LogP contribution in [0.1, 0.15) is 54.7 Å². The number of rotatable bonds is 5. The van der Waals surface area contributed by atoms with E-state index in [1.165, 1.54) is 14.2 Å². The smallest absolute Gasteiger partial charge is 0.238 e. The van der Waals surface area contributed by atoms with Crippen molar-refractivity contribution in [1.29, 1.82) is 0 Å². The number of fused-ring (bicyclic) bond motifs is 6. The van der Waals surface area contributed by atoms with Crippen molar-refractivity contribution in [2.45, 2.75) is 52.1 Å². The zero-order valence-corrected chi connectivity index (χ0v) is 25.1. The topological polar surface area (TPSA) is 84.9 Å². The van der Waals surface area contributed by atoms with Gasteiger partial charge in [-0.15, -0.1) is 0 Å². The number of carbonyl (C=O) groups excluding carboxylic acids is 3. The predicted molar refractivity (Wildman–Crippen MR) is 163 cm³/mol. The van der Waals surface area contributed by atoms with Crippen LogP contribution in [0, 0.1) is 18.3 Å². The fourth-order valence-corrected chi connectivity index (χ4v) is 7.16. The Morgan fingerprint density at radius 3 is 2.38 bits per heavy atom. The number of ketones is 2. The summed E-state index contributed by atoms with van der Waals surface area (Å²) >= 11 is 0. The maximum Gasteiger partial charge on any atom is 0.238 e. The van der Waals surface area contributed by atoms with Gasteiger partial charge >= 0.3 is 0 Å². The van der Waals surface area contributed by atoms with Gasteiger partial charge in [-0.25, -0.2) is 0 Å². The van der Waals surface area contributed by atoms with Crippen molar-refractivity contribution in [2.75, 3.05) is 24.4 Å². The maximum atomic E-state index is 15.1. The van der Waals surface area contributed by atoms with Crippen molar-refractivity contribution < 1.29 is 23.9 Å². The molecule has 1 amide bonds. The second-order valence-corrected chi connectivity index (χ2v) is 12.6. The third-order valence-corrected chi connectivity index (χ3v) is 9.09. The van der Waals surface area contributed by atoms with Gasteiger partial charge in [-0.3, -0.25) is 14.4 Å². The molecule has 7 nitrogen and oxygen atoms in total. The number of hydrogen-bond donors (Lipinski definition) is 1. The van der Waals surface area contributed by atoms with Crippen molar-refractivity contribution in [2.24, 2.45) is 11.3 Å². The quantitative estimate of drug-likeness (QED) is 0.383. The summed E-state index contributed by atoms with van der Waals surface area (Å²) in [4.78, 5) is 46.4. The Bertz CT molecular complexity index is 1680. The Morgan fingerprint density at radius 2 is 1.69 bits per heavy atom. The van der Waals surface area contributed by atoms with Crippen molar-refractivity contribution in [3.05, 3.63) is 89.0 Å². The predicted octanol–water partition coefficient (Wildman–Crippen LogP) is 5.99. The van der Waals surface area contributed by atoms with E-state index >= 15 is 4.79 Å². The molecule has 42 heavy (non-hydrogen) atoms. The molecule has 1 spiro atoms. The van der Waals surface area contributed by atoms with Crippen LogP contribution in [0.25, 0.3) is 5.57 Å². The highest BCUT2D eigenvalue weighted by Crippen LogP contribution is 2.59. The number of carbonyl (C=O) groups is 3. The summed E-state index contributed by atoms with van der Waals surface area (Å²) in [6, 6.07) is 17.2. The van der Waals surface area contributed by atoms with Gasteiger partial charge in [0.25, 0.3) is 0 Å². The number of methoxy groups -OCH3 is 2. The van der Waals surface area contributed by atoms with Crippen molar-refractivity contribution in [3.8, 4) is 11.5 Å². The molecular formula is C35H36N2O5. The minimum absolute atomic E-state index is 0.110. The molecule has 3 aliphatic heterocycles. The number of anilines is 2. The number of hydrogen-bond acceptors (Lipinski definition) is 6. The molecule has 3 aromatic rings. The first-order valence-corrected chi connectivity index (χ1v) is 14.2. The van der Waals surface area contributed by atoms with E-state index in [-0.39, 0.29) is 23.0 Å². The number of allylic oxidation sites excluding steroid dienone is 1. The number of amides is 1. The van der Waals surface area contributed by atoms with Gasteiger partial charge in [0.05, 0.1) is 31.7 Å². The Hall–Kier alpha value is -4.39. The summed E-state index contributed by atoms with van der Waals surface area (Å²) in [7, 11) is 3.04. The number of benzene rings is 3. The zero-order valence-electron chi connectivity index (χ0n) is 25.1. The minimum Gasteiger partial charge on any atom is -0.497 e. The van der Waals surface area contributed by atoms with Crippen LogP contribution in [0.3, 0.4) is 0 Å². The van der Waals surface area contributed by atoms with Crippen LogP contribution in [0.5, 0.6) is 11.5 Å². The fourth-order valence-electron chi connectivity index (χ4n) is 7.16. The lowest BCUT2D eigenvalue weighted by Gasteiger charge is -2.40. The van der Waals surface area contributed by atoms with Gasteiger partial charge in [-0.1, -0.05) is 56.7 Å². The molecule has 4 atom stereocenters. The molecule has 0 aliphatic carbocycles. The molecule has 1 fully saturated rings. The molecule has 0 aromatic heterocycles. The number of Topliss-reactive ketones (excluding diaryl/α,β-unsaturated/α-hetero) is 2. The molecule has 0 saturated carbocycles. The number of ether oxygens (including phenoxy) is 2. The largest absolute Gasteiger partial charge is 0.497 e. The third-order valence-electron chi connectivity index (χ3n) is 9.09. The van der Waals surface area contributed by atoms with E-state index in [1.807, 2.05) is 75.9 Å². The van der Waals surface area contributed by atoms with E-state index in [0.29, 0.717) is 22.7 Å². The van der Waals surface area contributed by atoms with Crippen LogP contribution in [0.4, 0.5) is 11.4 Å².